The Balaban J connectivity index is 2.28. The van der Waals surface area contributed by atoms with Gasteiger partial charge in [-0.3, -0.25) is 25.7 Å². The molecule has 11 nitrogen and oxygen atoms in total. The molecule has 0 fully saturated rings. The number of pyridine rings is 1. The molecule has 0 saturated carbocycles. The van der Waals surface area contributed by atoms with E-state index in [2.05, 4.69) is 15.5 Å². The number of nitro benzene ring substituents is 1. The third kappa shape index (κ3) is 3.52. The Kier molecular flexibility index (Phi) is 4.84. The zero-order chi connectivity index (χ0) is 17.7. The molecule has 11 heteroatoms. The Bertz CT molecular complexity index is 822. The van der Waals surface area contributed by atoms with Crippen LogP contribution in [0.5, 0.6) is 11.5 Å². The lowest BCUT2D eigenvalue weighted by atomic mass is 10.2. The largest absolute Gasteiger partial charge is 0.500 e. The van der Waals surface area contributed by atoms with Gasteiger partial charge in [-0.1, -0.05) is 0 Å². The second-order valence-corrected chi connectivity index (χ2v) is 4.35. The van der Waals surface area contributed by atoms with Gasteiger partial charge < -0.3 is 9.84 Å². The molecule has 0 saturated heterocycles. The highest BCUT2D eigenvalue weighted by Crippen LogP contribution is 2.36. The van der Waals surface area contributed by atoms with E-state index in [4.69, 9.17) is 4.74 Å². The number of ether oxygens (including phenoxy) is 1. The van der Waals surface area contributed by atoms with Crippen LogP contribution in [-0.2, 0) is 0 Å². The third-order valence-corrected chi connectivity index (χ3v) is 2.86. The topological polar surface area (TPSA) is 153 Å². The SMILES string of the molecule is COc1cc(/C=N\Nc2ncccc2[N+](=O)[O-])cc([N+](=O)[O-])c1O. The van der Waals surface area contributed by atoms with Gasteiger partial charge in [0.15, 0.2) is 5.75 Å². The van der Waals surface area contributed by atoms with Gasteiger partial charge in [0.05, 0.1) is 23.2 Å². The maximum atomic E-state index is 10.9. The van der Waals surface area contributed by atoms with Crippen molar-refractivity contribution in [3.8, 4) is 11.5 Å². The van der Waals surface area contributed by atoms with E-state index in [1.165, 1.54) is 37.7 Å². The second kappa shape index (κ2) is 7.00. The van der Waals surface area contributed by atoms with E-state index < -0.39 is 21.3 Å². The van der Waals surface area contributed by atoms with Gasteiger partial charge in [-0.05, 0) is 12.1 Å². The molecule has 0 radical (unpaired) electrons. The molecule has 2 aromatic rings. The van der Waals surface area contributed by atoms with Crippen molar-refractivity contribution >= 4 is 23.4 Å². The molecule has 0 amide bonds. The molecular weight excluding hydrogens is 322 g/mol. The van der Waals surface area contributed by atoms with E-state index >= 15 is 0 Å². The number of nitrogens with zero attached hydrogens (tertiary/aromatic N) is 4. The number of hydrazone groups is 1. The molecule has 0 aliphatic rings. The number of anilines is 1. The molecule has 1 heterocycles. The lowest BCUT2D eigenvalue weighted by Crippen LogP contribution is -1.99. The summed E-state index contributed by atoms with van der Waals surface area (Å²) in [5.41, 5.74) is 1.80. The van der Waals surface area contributed by atoms with Gasteiger partial charge in [0.1, 0.15) is 0 Å². The highest BCUT2D eigenvalue weighted by Gasteiger charge is 2.19. The Morgan fingerprint density at radius 1 is 1.29 bits per heavy atom. The van der Waals surface area contributed by atoms with Crippen molar-refractivity contribution in [2.24, 2.45) is 5.10 Å². The summed E-state index contributed by atoms with van der Waals surface area (Å²) in [5.74, 6) is -0.790. The fraction of sp³-hybridized carbons (Fsp3) is 0.0769. The lowest BCUT2D eigenvalue weighted by Gasteiger charge is -2.05. The minimum atomic E-state index is -0.772. The third-order valence-electron chi connectivity index (χ3n) is 2.86. The molecule has 0 unspecified atom stereocenters. The number of benzene rings is 1. The molecule has 0 atom stereocenters. The Hall–Kier alpha value is -3.76. The van der Waals surface area contributed by atoms with E-state index in [0.717, 1.165) is 6.07 Å². The summed E-state index contributed by atoms with van der Waals surface area (Å²) >= 11 is 0. The molecule has 124 valence electrons. The van der Waals surface area contributed by atoms with Crippen LogP contribution in [0.2, 0.25) is 0 Å². The van der Waals surface area contributed by atoms with Crippen LogP contribution in [0.25, 0.3) is 0 Å². The summed E-state index contributed by atoms with van der Waals surface area (Å²) in [7, 11) is 1.25. The number of phenols is 1. The van der Waals surface area contributed by atoms with E-state index in [-0.39, 0.29) is 22.8 Å². The summed E-state index contributed by atoms with van der Waals surface area (Å²) < 4.78 is 4.85. The van der Waals surface area contributed by atoms with Gasteiger partial charge in [-0.15, -0.1) is 0 Å². The average Bonchev–Trinajstić information content (AvgIpc) is 2.56. The molecule has 1 aromatic carbocycles. The monoisotopic (exact) mass is 333 g/mol. The Morgan fingerprint density at radius 3 is 2.62 bits per heavy atom. The minimum Gasteiger partial charge on any atom is -0.500 e. The highest BCUT2D eigenvalue weighted by atomic mass is 16.6. The van der Waals surface area contributed by atoms with Crippen molar-refractivity contribution in [3.63, 3.8) is 0 Å². The standard InChI is InChI=1S/C13H11N5O6/c1-24-11-6-8(5-10(12(11)19)18(22)23)7-15-16-13-9(17(20)21)3-2-4-14-13/h2-7,19H,1H3,(H,14,16)/b15-7-. The van der Waals surface area contributed by atoms with Crippen molar-refractivity contribution in [1.82, 2.24) is 4.98 Å². The number of hydrogen-bond acceptors (Lipinski definition) is 9. The van der Waals surface area contributed by atoms with E-state index in [0.29, 0.717) is 0 Å². The zero-order valence-electron chi connectivity index (χ0n) is 12.2. The number of methoxy groups -OCH3 is 1. The van der Waals surface area contributed by atoms with Crippen LogP contribution >= 0.6 is 0 Å². The molecule has 0 spiro atoms. The van der Waals surface area contributed by atoms with Gasteiger partial charge >= 0.3 is 11.4 Å². The van der Waals surface area contributed by atoms with E-state index in [1.807, 2.05) is 0 Å². The van der Waals surface area contributed by atoms with E-state index in [9.17, 15) is 25.3 Å². The summed E-state index contributed by atoms with van der Waals surface area (Å²) in [6, 6.07) is 5.05. The number of hydrogen-bond donors (Lipinski definition) is 2. The maximum absolute atomic E-state index is 10.9. The molecule has 24 heavy (non-hydrogen) atoms. The summed E-state index contributed by atoms with van der Waals surface area (Å²) in [6.45, 7) is 0. The van der Waals surface area contributed by atoms with Crippen LogP contribution in [0.3, 0.4) is 0 Å². The highest BCUT2D eigenvalue weighted by molar-refractivity contribution is 5.83. The zero-order valence-corrected chi connectivity index (χ0v) is 12.2. The number of phenolic OH excluding ortho intramolecular Hbond substituents is 1. The normalized spacial score (nSPS) is 10.5. The van der Waals surface area contributed by atoms with Gasteiger partial charge in [0.2, 0.25) is 11.6 Å². The average molecular weight is 333 g/mol. The molecule has 0 aliphatic heterocycles. The quantitative estimate of drug-likeness (QED) is 0.462. The van der Waals surface area contributed by atoms with Crippen LogP contribution < -0.4 is 10.2 Å². The van der Waals surface area contributed by atoms with Crippen LogP contribution in [0, 0.1) is 20.2 Å². The van der Waals surface area contributed by atoms with E-state index in [1.54, 1.807) is 0 Å². The Labute approximate surface area is 134 Å². The second-order valence-electron chi connectivity index (χ2n) is 4.35. The first-order chi connectivity index (χ1) is 11.4. The van der Waals surface area contributed by atoms with Crippen molar-refractivity contribution in [1.29, 1.82) is 0 Å². The van der Waals surface area contributed by atoms with Crippen molar-refractivity contribution in [2.75, 3.05) is 12.5 Å². The molecule has 2 N–H and O–H groups in total. The van der Waals surface area contributed by atoms with Crippen LogP contribution in [0.4, 0.5) is 17.2 Å². The Morgan fingerprint density at radius 2 is 2.00 bits per heavy atom. The molecule has 2 rings (SSSR count). The molecule has 0 aliphatic carbocycles. The van der Waals surface area contributed by atoms with Crippen molar-refractivity contribution < 1.29 is 19.7 Å². The van der Waals surface area contributed by atoms with Gasteiger partial charge in [-0.25, -0.2) is 4.98 Å². The van der Waals surface area contributed by atoms with Crippen LogP contribution in [-0.4, -0.2) is 33.3 Å². The number of nitro groups is 2. The van der Waals surface area contributed by atoms with Crippen LogP contribution in [0.15, 0.2) is 35.6 Å². The summed E-state index contributed by atoms with van der Waals surface area (Å²) in [6.07, 6.45) is 2.52. The molecule has 0 bridgehead atoms. The van der Waals surface area contributed by atoms with Gasteiger partial charge in [0, 0.05) is 23.9 Å². The summed E-state index contributed by atoms with van der Waals surface area (Å²) in [5, 5.41) is 35.2. The maximum Gasteiger partial charge on any atom is 0.315 e. The van der Waals surface area contributed by atoms with Crippen LogP contribution in [0.1, 0.15) is 5.56 Å². The number of aromatic nitrogens is 1. The summed E-state index contributed by atoms with van der Waals surface area (Å²) in [4.78, 5) is 24.1. The number of aromatic hydroxyl groups is 1. The van der Waals surface area contributed by atoms with Crippen molar-refractivity contribution in [2.45, 2.75) is 0 Å². The fourth-order valence-corrected chi connectivity index (χ4v) is 1.78. The molecular formula is C13H11N5O6. The lowest BCUT2D eigenvalue weighted by molar-refractivity contribution is -0.386. The van der Waals surface area contributed by atoms with Gasteiger partial charge in [0.25, 0.3) is 0 Å². The first-order valence-electron chi connectivity index (χ1n) is 6.38. The number of nitrogens with one attached hydrogen (secondary N) is 1. The fourth-order valence-electron chi connectivity index (χ4n) is 1.78. The predicted molar refractivity (Wildman–Crippen MR) is 83.4 cm³/mol. The van der Waals surface area contributed by atoms with Crippen molar-refractivity contribution in [3.05, 3.63) is 56.3 Å². The smallest absolute Gasteiger partial charge is 0.315 e. The van der Waals surface area contributed by atoms with Gasteiger partial charge in [-0.2, -0.15) is 5.10 Å². The number of rotatable bonds is 6. The first-order valence-corrected chi connectivity index (χ1v) is 6.38. The minimum absolute atomic E-state index is 0.0843. The molecule has 1 aromatic heterocycles. The predicted octanol–water partition coefficient (Wildman–Crippen LogP) is 2.06. The first kappa shape index (κ1) is 16.6.